The molecule has 6 rings (SSSR count). The van der Waals surface area contributed by atoms with Crippen molar-refractivity contribution in [2.75, 3.05) is 32.1 Å². The van der Waals surface area contributed by atoms with E-state index in [0.29, 0.717) is 12.0 Å². The zero-order valence-electron chi connectivity index (χ0n) is 19.1. The van der Waals surface area contributed by atoms with Gasteiger partial charge in [0.25, 0.3) is 0 Å². The van der Waals surface area contributed by atoms with Crippen LogP contribution in [0, 0.1) is 11.7 Å². The van der Waals surface area contributed by atoms with Gasteiger partial charge in [-0.3, -0.25) is 0 Å². The first-order chi connectivity index (χ1) is 16.0. The van der Waals surface area contributed by atoms with Crippen LogP contribution in [-0.2, 0) is 6.54 Å². The lowest BCUT2D eigenvalue weighted by atomic mass is 10.1. The molecule has 2 aromatic carbocycles. The van der Waals surface area contributed by atoms with Crippen molar-refractivity contribution in [3.05, 3.63) is 72.4 Å². The first-order valence-electron chi connectivity index (χ1n) is 11.4. The third-order valence-corrected chi connectivity index (χ3v) is 7.08. The highest BCUT2D eigenvalue weighted by Crippen LogP contribution is 2.35. The molecule has 0 spiro atoms. The van der Waals surface area contributed by atoms with E-state index in [-0.39, 0.29) is 5.82 Å². The maximum atomic E-state index is 13.4. The van der Waals surface area contributed by atoms with Crippen LogP contribution >= 0.6 is 0 Å². The van der Waals surface area contributed by atoms with Gasteiger partial charge < -0.3 is 14.4 Å². The van der Waals surface area contributed by atoms with Gasteiger partial charge in [-0.15, -0.1) is 0 Å². The van der Waals surface area contributed by atoms with Gasteiger partial charge in [-0.1, -0.05) is 19.1 Å². The molecular formula is C26H27FN6. The summed E-state index contributed by atoms with van der Waals surface area (Å²) < 4.78 is 17.6. The fraction of sp³-hybridized carbons (Fsp3) is 0.308. The molecule has 4 heterocycles. The van der Waals surface area contributed by atoms with Crippen LogP contribution in [0.5, 0.6) is 0 Å². The maximum absolute atomic E-state index is 13.4. The number of halogens is 1. The highest BCUT2D eigenvalue weighted by Gasteiger charge is 2.32. The second-order valence-electron chi connectivity index (χ2n) is 9.47. The summed E-state index contributed by atoms with van der Waals surface area (Å²) in [6.07, 6.45) is 3.74. The Morgan fingerprint density at radius 2 is 1.82 bits per heavy atom. The number of nitrogens with zero attached hydrogens (tertiary/aromatic N) is 6. The Balaban J connectivity index is 1.40. The van der Waals surface area contributed by atoms with E-state index in [1.807, 2.05) is 16.8 Å². The fourth-order valence-electron chi connectivity index (χ4n) is 5.34. The van der Waals surface area contributed by atoms with Gasteiger partial charge in [-0.25, -0.2) is 14.1 Å². The summed E-state index contributed by atoms with van der Waals surface area (Å²) in [4.78, 5) is 9.39. The average molecular weight is 443 g/mol. The summed E-state index contributed by atoms with van der Waals surface area (Å²) in [6.45, 7) is 5.15. The normalized spacial score (nSPS) is 19.4. The Bertz CT molecular complexity index is 1320. The Labute approximate surface area is 192 Å². The SMILES string of the molecule is C[C@H]1CN(c2ccc3c(c2)Cn2cc(-c4ccc(F)cc4)cc2-c2ncnn2-3)C[C@@H]1N(C)C. The summed E-state index contributed by atoms with van der Waals surface area (Å²) in [5.41, 5.74) is 6.56. The van der Waals surface area contributed by atoms with Crippen LogP contribution in [0.15, 0.2) is 61.1 Å². The molecule has 4 aromatic rings. The molecule has 2 aromatic heterocycles. The van der Waals surface area contributed by atoms with Gasteiger partial charge in [0.2, 0.25) is 0 Å². The monoisotopic (exact) mass is 442 g/mol. The molecule has 0 bridgehead atoms. The molecule has 2 aliphatic heterocycles. The van der Waals surface area contributed by atoms with Crippen LogP contribution in [0.25, 0.3) is 28.3 Å². The number of benzene rings is 2. The van der Waals surface area contributed by atoms with E-state index in [1.165, 1.54) is 23.4 Å². The van der Waals surface area contributed by atoms with E-state index in [4.69, 9.17) is 0 Å². The van der Waals surface area contributed by atoms with Gasteiger partial charge in [0.1, 0.15) is 12.1 Å². The van der Waals surface area contributed by atoms with E-state index in [2.05, 4.69) is 75.9 Å². The largest absolute Gasteiger partial charge is 0.370 e. The molecule has 0 saturated carbocycles. The summed E-state index contributed by atoms with van der Waals surface area (Å²) >= 11 is 0. The molecule has 33 heavy (non-hydrogen) atoms. The third-order valence-electron chi connectivity index (χ3n) is 7.08. The Morgan fingerprint density at radius 3 is 2.58 bits per heavy atom. The smallest absolute Gasteiger partial charge is 0.179 e. The Hall–Kier alpha value is -3.45. The number of hydrogen-bond donors (Lipinski definition) is 0. The molecule has 0 N–H and O–H groups in total. The summed E-state index contributed by atoms with van der Waals surface area (Å²) in [5.74, 6) is 1.21. The molecule has 2 aliphatic rings. The number of hydrogen-bond acceptors (Lipinski definition) is 4. The first-order valence-corrected chi connectivity index (χ1v) is 11.4. The fourth-order valence-corrected chi connectivity index (χ4v) is 5.34. The van der Waals surface area contributed by atoms with Gasteiger partial charge in [0.05, 0.1) is 11.4 Å². The van der Waals surface area contributed by atoms with Crippen molar-refractivity contribution in [1.82, 2.24) is 24.2 Å². The van der Waals surface area contributed by atoms with Crippen molar-refractivity contribution in [3.63, 3.8) is 0 Å². The second kappa shape index (κ2) is 7.56. The molecule has 2 atom stereocenters. The average Bonchev–Trinajstić information content (AvgIpc) is 3.51. The van der Waals surface area contributed by atoms with E-state index < -0.39 is 0 Å². The van der Waals surface area contributed by atoms with Crippen molar-refractivity contribution < 1.29 is 4.39 Å². The number of aromatic nitrogens is 4. The van der Waals surface area contributed by atoms with Gasteiger partial charge in [-0.05, 0) is 67.5 Å². The molecule has 7 heteroatoms. The minimum absolute atomic E-state index is 0.228. The molecule has 0 unspecified atom stereocenters. The predicted octanol–water partition coefficient (Wildman–Crippen LogP) is 4.29. The molecule has 168 valence electrons. The van der Waals surface area contributed by atoms with Crippen LogP contribution in [0.3, 0.4) is 0 Å². The van der Waals surface area contributed by atoms with Gasteiger partial charge in [0, 0.05) is 43.1 Å². The lowest BCUT2D eigenvalue weighted by Crippen LogP contribution is -2.34. The van der Waals surface area contributed by atoms with Crippen LogP contribution in [-0.4, -0.2) is 57.5 Å². The number of likely N-dealkylation sites (N-methyl/N-ethyl adjacent to an activating group) is 1. The summed E-state index contributed by atoms with van der Waals surface area (Å²) in [7, 11) is 4.33. The summed E-state index contributed by atoms with van der Waals surface area (Å²) in [6, 6.07) is 16.0. The number of rotatable bonds is 3. The zero-order chi connectivity index (χ0) is 22.7. The van der Waals surface area contributed by atoms with E-state index in [9.17, 15) is 4.39 Å². The molecule has 0 aliphatic carbocycles. The van der Waals surface area contributed by atoms with Crippen molar-refractivity contribution in [3.8, 4) is 28.3 Å². The molecule has 1 fully saturated rings. The van der Waals surface area contributed by atoms with Gasteiger partial charge in [-0.2, -0.15) is 5.10 Å². The Morgan fingerprint density at radius 1 is 1.00 bits per heavy atom. The zero-order valence-corrected chi connectivity index (χ0v) is 19.1. The van der Waals surface area contributed by atoms with Crippen LogP contribution in [0.1, 0.15) is 12.5 Å². The quantitative estimate of drug-likeness (QED) is 0.418. The van der Waals surface area contributed by atoms with Crippen LogP contribution < -0.4 is 4.90 Å². The van der Waals surface area contributed by atoms with Gasteiger partial charge >= 0.3 is 0 Å². The number of anilines is 1. The standard InChI is InChI=1S/C26H27FN6/c1-17-12-31(15-25(17)30(2)3)22-8-9-23-20(10-22)14-32-13-19(18-4-6-21(27)7-5-18)11-24(32)26-28-16-29-33(23)26/h4-11,13,16-17,25H,12,14-15H2,1-3H3/t17-,25-/m0/s1. The van der Waals surface area contributed by atoms with Crippen molar-refractivity contribution >= 4 is 5.69 Å². The van der Waals surface area contributed by atoms with E-state index in [1.54, 1.807) is 6.33 Å². The minimum atomic E-state index is -0.228. The highest BCUT2D eigenvalue weighted by molar-refractivity contribution is 5.71. The number of fused-ring (bicyclic) bond motifs is 5. The van der Waals surface area contributed by atoms with Crippen molar-refractivity contribution in [1.29, 1.82) is 0 Å². The molecule has 0 amide bonds. The Kier molecular flexibility index (Phi) is 4.62. The minimum Gasteiger partial charge on any atom is -0.370 e. The molecular weight excluding hydrogens is 415 g/mol. The van der Waals surface area contributed by atoms with Crippen molar-refractivity contribution in [2.24, 2.45) is 5.92 Å². The highest BCUT2D eigenvalue weighted by atomic mass is 19.1. The lowest BCUT2D eigenvalue weighted by molar-refractivity contribution is 0.266. The predicted molar refractivity (Wildman–Crippen MR) is 128 cm³/mol. The second-order valence-corrected chi connectivity index (χ2v) is 9.47. The van der Waals surface area contributed by atoms with Crippen LogP contribution in [0.2, 0.25) is 0 Å². The first kappa shape index (κ1) is 20.2. The van der Waals surface area contributed by atoms with Gasteiger partial charge in [0.15, 0.2) is 5.82 Å². The third kappa shape index (κ3) is 3.35. The lowest BCUT2D eigenvalue weighted by Gasteiger charge is -2.23. The molecule has 1 saturated heterocycles. The molecule has 6 nitrogen and oxygen atoms in total. The topological polar surface area (TPSA) is 42.1 Å². The molecule has 0 radical (unpaired) electrons. The van der Waals surface area contributed by atoms with Crippen molar-refractivity contribution in [2.45, 2.75) is 19.5 Å². The van der Waals surface area contributed by atoms with Crippen LogP contribution in [0.4, 0.5) is 10.1 Å². The van der Waals surface area contributed by atoms with E-state index >= 15 is 0 Å². The summed E-state index contributed by atoms with van der Waals surface area (Å²) in [5, 5.41) is 4.55. The maximum Gasteiger partial charge on any atom is 0.179 e. The van der Waals surface area contributed by atoms with E-state index in [0.717, 1.165) is 48.0 Å².